The summed E-state index contributed by atoms with van der Waals surface area (Å²) in [4.78, 5) is 26.3. The third-order valence-electron chi connectivity index (χ3n) is 4.57. The zero-order chi connectivity index (χ0) is 21.0. The van der Waals surface area contributed by atoms with Crippen molar-refractivity contribution in [2.24, 2.45) is 0 Å². The Morgan fingerprint density at radius 2 is 1.62 bits per heavy atom. The molecule has 0 saturated carbocycles. The predicted molar refractivity (Wildman–Crippen MR) is 101 cm³/mol. The first-order valence-corrected chi connectivity index (χ1v) is 9.75. The van der Waals surface area contributed by atoms with Crippen LogP contribution in [0.15, 0.2) is 53.4 Å². The first-order chi connectivity index (χ1) is 13.7. The fourth-order valence-corrected chi connectivity index (χ4v) is 3.65. The summed E-state index contributed by atoms with van der Waals surface area (Å²) in [6.45, 7) is 0.749. The van der Waals surface area contributed by atoms with Crippen LogP contribution in [0.25, 0.3) is 0 Å². The molecule has 2 amide bonds. The molecule has 9 heteroatoms. The van der Waals surface area contributed by atoms with Gasteiger partial charge in [-0.05, 0) is 61.0 Å². The molecule has 0 unspecified atom stereocenters. The standard InChI is InChI=1S/C20H18F4N2O2S/c21-17-4-2-1-3-16(17)19(28)26-11-9-14(10-12-26)25-18(27)13-5-7-15(8-6-13)29-20(22,23)24/h1-8,14H,9-12H2,(H,25,27). The number of carbonyl (C=O) groups excluding carboxylic acids is 2. The number of benzene rings is 2. The molecule has 154 valence electrons. The highest BCUT2D eigenvalue weighted by molar-refractivity contribution is 8.00. The predicted octanol–water partition coefficient (Wildman–Crippen LogP) is 4.47. The van der Waals surface area contributed by atoms with Gasteiger partial charge >= 0.3 is 5.51 Å². The zero-order valence-electron chi connectivity index (χ0n) is 15.2. The molecule has 2 aromatic carbocycles. The third kappa shape index (κ3) is 5.72. The molecule has 0 bridgehead atoms. The molecule has 1 N–H and O–H groups in total. The average molecular weight is 426 g/mol. The minimum absolute atomic E-state index is 0.00835. The lowest BCUT2D eigenvalue weighted by Crippen LogP contribution is -2.46. The van der Waals surface area contributed by atoms with Gasteiger partial charge in [0.25, 0.3) is 11.8 Å². The number of piperidine rings is 1. The Morgan fingerprint density at radius 3 is 2.21 bits per heavy atom. The summed E-state index contributed by atoms with van der Waals surface area (Å²) in [5, 5.41) is 2.83. The highest BCUT2D eigenvalue weighted by Crippen LogP contribution is 2.36. The van der Waals surface area contributed by atoms with Gasteiger partial charge in [-0.2, -0.15) is 13.2 Å². The zero-order valence-corrected chi connectivity index (χ0v) is 16.0. The second-order valence-corrected chi connectivity index (χ2v) is 7.73. The SMILES string of the molecule is O=C(NC1CCN(C(=O)c2ccccc2F)CC1)c1ccc(SC(F)(F)F)cc1. The number of amides is 2. The fourth-order valence-electron chi connectivity index (χ4n) is 3.11. The molecule has 0 radical (unpaired) electrons. The van der Waals surface area contributed by atoms with E-state index in [0.29, 0.717) is 25.9 Å². The minimum Gasteiger partial charge on any atom is -0.349 e. The molecule has 0 atom stereocenters. The van der Waals surface area contributed by atoms with Crippen LogP contribution in [0.4, 0.5) is 17.6 Å². The summed E-state index contributed by atoms with van der Waals surface area (Å²) in [7, 11) is 0. The third-order valence-corrected chi connectivity index (χ3v) is 5.31. The van der Waals surface area contributed by atoms with Gasteiger partial charge in [0.15, 0.2) is 0 Å². The number of nitrogens with zero attached hydrogens (tertiary/aromatic N) is 1. The van der Waals surface area contributed by atoms with Crippen LogP contribution < -0.4 is 5.32 Å². The van der Waals surface area contributed by atoms with Crippen molar-refractivity contribution in [1.82, 2.24) is 10.2 Å². The van der Waals surface area contributed by atoms with Crippen LogP contribution in [-0.2, 0) is 0 Å². The van der Waals surface area contributed by atoms with Crippen LogP contribution in [0.5, 0.6) is 0 Å². The molecule has 0 aromatic heterocycles. The monoisotopic (exact) mass is 426 g/mol. The molecular formula is C20H18F4N2O2S. The number of likely N-dealkylation sites (tertiary alicyclic amines) is 1. The quantitative estimate of drug-likeness (QED) is 0.580. The Bertz CT molecular complexity index is 879. The van der Waals surface area contributed by atoms with Crippen LogP contribution in [0.1, 0.15) is 33.6 Å². The number of carbonyl (C=O) groups is 2. The van der Waals surface area contributed by atoms with Crippen LogP contribution in [0.2, 0.25) is 0 Å². The smallest absolute Gasteiger partial charge is 0.349 e. The van der Waals surface area contributed by atoms with Gasteiger partial charge in [-0.1, -0.05) is 12.1 Å². The maximum Gasteiger partial charge on any atom is 0.446 e. The highest BCUT2D eigenvalue weighted by atomic mass is 32.2. The number of nitrogens with one attached hydrogen (secondary N) is 1. The molecule has 3 rings (SSSR count). The second kappa shape index (κ2) is 8.86. The van der Waals surface area contributed by atoms with Crippen LogP contribution >= 0.6 is 11.8 Å². The molecule has 0 aliphatic carbocycles. The second-order valence-electron chi connectivity index (χ2n) is 6.59. The molecule has 1 heterocycles. The minimum atomic E-state index is -4.38. The van der Waals surface area contributed by atoms with Crippen LogP contribution in [0, 0.1) is 5.82 Å². The van der Waals surface area contributed by atoms with Gasteiger partial charge in [-0.15, -0.1) is 0 Å². The number of hydrogen-bond acceptors (Lipinski definition) is 3. The Hall–Kier alpha value is -2.55. The molecule has 2 aromatic rings. The fraction of sp³-hybridized carbons (Fsp3) is 0.300. The van der Waals surface area contributed by atoms with Gasteiger partial charge in [0, 0.05) is 29.6 Å². The largest absolute Gasteiger partial charge is 0.446 e. The summed E-state index contributed by atoms with van der Waals surface area (Å²) >= 11 is -0.237. The average Bonchev–Trinajstić information content (AvgIpc) is 2.68. The van der Waals surface area contributed by atoms with E-state index in [0.717, 1.165) is 0 Å². The van der Waals surface area contributed by atoms with Crippen LogP contribution in [-0.4, -0.2) is 41.4 Å². The van der Waals surface area contributed by atoms with E-state index < -0.39 is 11.3 Å². The lowest BCUT2D eigenvalue weighted by Gasteiger charge is -2.32. The summed E-state index contributed by atoms with van der Waals surface area (Å²) in [5.74, 6) is -1.34. The van der Waals surface area contributed by atoms with Gasteiger partial charge < -0.3 is 10.2 Å². The molecule has 1 aliphatic heterocycles. The van der Waals surface area contributed by atoms with E-state index >= 15 is 0 Å². The van der Waals surface area contributed by atoms with E-state index in [1.165, 1.54) is 42.5 Å². The van der Waals surface area contributed by atoms with E-state index in [2.05, 4.69) is 5.32 Å². The number of alkyl halides is 3. The molecule has 0 spiro atoms. The van der Waals surface area contributed by atoms with E-state index in [-0.39, 0.29) is 45.6 Å². The van der Waals surface area contributed by atoms with E-state index in [1.54, 1.807) is 11.0 Å². The summed E-state index contributed by atoms with van der Waals surface area (Å²) in [6.07, 6.45) is 1.02. The summed E-state index contributed by atoms with van der Waals surface area (Å²) < 4.78 is 50.9. The molecule has 1 aliphatic rings. The van der Waals surface area contributed by atoms with Crippen molar-refractivity contribution >= 4 is 23.6 Å². The maximum atomic E-state index is 13.8. The van der Waals surface area contributed by atoms with Crippen molar-refractivity contribution in [2.75, 3.05) is 13.1 Å². The Kier molecular flexibility index (Phi) is 6.46. The summed E-state index contributed by atoms with van der Waals surface area (Å²) in [6, 6.07) is 10.8. The van der Waals surface area contributed by atoms with Crippen molar-refractivity contribution in [3.05, 3.63) is 65.5 Å². The van der Waals surface area contributed by atoms with E-state index in [4.69, 9.17) is 0 Å². The molecule has 1 saturated heterocycles. The summed E-state index contributed by atoms with van der Waals surface area (Å²) in [5.41, 5.74) is -4.09. The number of rotatable bonds is 4. The lowest BCUT2D eigenvalue weighted by atomic mass is 10.0. The lowest BCUT2D eigenvalue weighted by molar-refractivity contribution is -0.0328. The van der Waals surface area contributed by atoms with Crippen molar-refractivity contribution in [2.45, 2.75) is 29.3 Å². The van der Waals surface area contributed by atoms with Crippen molar-refractivity contribution in [3.63, 3.8) is 0 Å². The van der Waals surface area contributed by atoms with Crippen molar-refractivity contribution in [1.29, 1.82) is 0 Å². The Labute approximate surface area is 169 Å². The molecular weight excluding hydrogens is 408 g/mol. The van der Waals surface area contributed by atoms with E-state index in [1.807, 2.05) is 0 Å². The maximum absolute atomic E-state index is 13.8. The topological polar surface area (TPSA) is 49.4 Å². The number of halogens is 4. The van der Waals surface area contributed by atoms with Gasteiger partial charge in [0.05, 0.1) is 5.56 Å². The van der Waals surface area contributed by atoms with Gasteiger partial charge in [0.2, 0.25) is 0 Å². The van der Waals surface area contributed by atoms with Crippen molar-refractivity contribution in [3.8, 4) is 0 Å². The number of thioether (sulfide) groups is 1. The molecule has 1 fully saturated rings. The van der Waals surface area contributed by atoms with Crippen LogP contribution in [0.3, 0.4) is 0 Å². The molecule has 29 heavy (non-hydrogen) atoms. The van der Waals surface area contributed by atoms with Gasteiger partial charge in [-0.3, -0.25) is 9.59 Å². The number of hydrogen-bond donors (Lipinski definition) is 1. The molecule has 4 nitrogen and oxygen atoms in total. The van der Waals surface area contributed by atoms with E-state index in [9.17, 15) is 27.2 Å². The Balaban J connectivity index is 1.52. The Morgan fingerprint density at radius 1 is 1.00 bits per heavy atom. The van der Waals surface area contributed by atoms with Gasteiger partial charge in [0.1, 0.15) is 5.82 Å². The van der Waals surface area contributed by atoms with Gasteiger partial charge in [-0.25, -0.2) is 4.39 Å². The first kappa shape index (κ1) is 21.2. The first-order valence-electron chi connectivity index (χ1n) is 8.93. The normalized spacial score (nSPS) is 15.2. The highest BCUT2D eigenvalue weighted by Gasteiger charge is 2.29. The van der Waals surface area contributed by atoms with Crippen molar-refractivity contribution < 1.29 is 27.2 Å².